The molecular weight excluding hydrogens is 344 g/mol. The van der Waals surface area contributed by atoms with Crippen LogP contribution in [0.2, 0.25) is 0 Å². The van der Waals surface area contributed by atoms with Crippen LogP contribution >= 0.6 is 0 Å². The van der Waals surface area contributed by atoms with E-state index in [0.29, 0.717) is 24.3 Å². The topological polar surface area (TPSA) is 93.0 Å². The van der Waals surface area contributed by atoms with Crippen molar-refractivity contribution in [3.63, 3.8) is 0 Å². The Balaban J connectivity index is 1.45. The second-order valence-corrected chi connectivity index (χ2v) is 6.43. The summed E-state index contributed by atoms with van der Waals surface area (Å²) < 4.78 is 1.98. The summed E-state index contributed by atoms with van der Waals surface area (Å²) in [6.07, 6.45) is 5.14. The lowest BCUT2D eigenvalue weighted by atomic mass is 10.1. The van der Waals surface area contributed by atoms with Crippen LogP contribution in [-0.4, -0.2) is 49.6 Å². The lowest BCUT2D eigenvalue weighted by molar-refractivity contribution is -0.114. The maximum atomic E-state index is 12.7. The van der Waals surface area contributed by atoms with E-state index < -0.39 is 0 Å². The average Bonchev–Trinajstić information content (AvgIpc) is 3.10. The van der Waals surface area contributed by atoms with E-state index >= 15 is 0 Å². The van der Waals surface area contributed by atoms with Crippen LogP contribution in [0, 0.1) is 0 Å². The third-order valence-corrected chi connectivity index (χ3v) is 4.47. The second kappa shape index (κ2) is 6.99. The smallest absolute Gasteiger partial charge is 0.254 e. The number of anilines is 1. The van der Waals surface area contributed by atoms with E-state index in [0.717, 1.165) is 11.4 Å². The molecule has 0 saturated carbocycles. The summed E-state index contributed by atoms with van der Waals surface area (Å²) in [5.74, 6) is 0.515. The minimum Gasteiger partial charge on any atom is -0.334 e. The number of aromatic nitrogens is 4. The third kappa shape index (κ3) is 3.41. The van der Waals surface area contributed by atoms with Crippen LogP contribution in [0.15, 0.2) is 55.1 Å². The molecule has 8 nitrogen and oxygen atoms in total. The largest absolute Gasteiger partial charge is 0.334 e. The van der Waals surface area contributed by atoms with Gasteiger partial charge in [-0.3, -0.25) is 14.6 Å². The van der Waals surface area contributed by atoms with Crippen molar-refractivity contribution in [1.82, 2.24) is 24.6 Å². The molecule has 2 amide bonds. The van der Waals surface area contributed by atoms with Gasteiger partial charge in [-0.25, -0.2) is 0 Å². The molecule has 0 radical (unpaired) electrons. The van der Waals surface area contributed by atoms with Crippen LogP contribution in [0.4, 0.5) is 5.69 Å². The fraction of sp³-hybridized carbons (Fsp3) is 0.211. The van der Waals surface area contributed by atoms with Crippen molar-refractivity contribution in [3.05, 3.63) is 60.7 Å². The highest BCUT2D eigenvalue weighted by molar-refractivity contribution is 5.97. The van der Waals surface area contributed by atoms with E-state index in [9.17, 15) is 9.59 Å². The SMILES string of the molecule is CC(=O)Nc1cccc(C(=O)N2CC(n3cnnc3-c3cccnc3)C2)c1. The number of pyridine rings is 1. The van der Waals surface area contributed by atoms with Crippen LogP contribution < -0.4 is 5.32 Å². The van der Waals surface area contributed by atoms with Gasteiger partial charge < -0.3 is 14.8 Å². The van der Waals surface area contributed by atoms with Gasteiger partial charge in [-0.1, -0.05) is 6.07 Å². The highest BCUT2D eigenvalue weighted by atomic mass is 16.2. The first kappa shape index (κ1) is 16.9. The molecule has 0 atom stereocenters. The van der Waals surface area contributed by atoms with Crippen molar-refractivity contribution < 1.29 is 9.59 Å². The van der Waals surface area contributed by atoms with E-state index in [1.54, 1.807) is 47.9 Å². The molecule has 1 aliphatic rings. The van der Waals surface area contributed by atoms with Crippen molar-refractivity contribution in [1.29, 1.82) is 0 Å². The molecule has 27 heavy (non-hydrogen) atoms. The summed E-state index contributed by atoms with van der Waals surface area (Å²) in [7, 11) is 0. The number of rotatable bonds is 4. The quantitative estimate of drug-likeness (QED) is 0.766. The highest BCUT2D eigenvalue weighted by Crippen LogP contribution is 2.28. The normalized spacial score (nSPS) is 13.9. The summed E-state index contributed by atoms with van der Waals surface area (Å²) in [6, 6.07) is 10.9. The average molecular weight is 362 g/mol. The van der Waals surface area contributed by atoms with Crippen LogP contribution in [0.25, 0.3) is 11.4 Å². The summed E-state index contributed by atoms with van der Waals surface area (Å²) in [5, 5.41) is 10.9. The monoisotopic (exact) mass is 362 g/mol. The molecule has 8 heteroatoms. The zero-order chi connectivity index (χ0) is 18.8. The molecule has 1 aliphatic heterocycles. The molecule has 0 spiro atoms. The van der Waals surface area contributed by atoms with Crippen LogP contribution in [0.5, 0.6) is 0 Å². The number of carbonyl (C=O) groups is 2. The van der Waals surface area contributed by atoms with Gasteiger partial charge in [0, 0.05) is 49.2 Å². The van der Waals surface area contributed by atoms with E-state index in [2.05, 4.69) is 20.5 Å². The minimum absolute atomic E-state index is 0.0607. The van der Waals surface area contributed by atoms with Gasteiger partial charge in [0.15, 0.2) is 5.82 Å². The Bertz CT molecular complexity index is 979. The lowest BCUT2D eigenvalue weighted by Gasteiger charge is -2.40. The fourth-order valence-corrected chi connectivity index (χ4v) is 3.12. The van der Waals surface area contributed by atoms with Gasteiger partial charge >= 0.3 is 0 Å². The lowest BCUT2D eigenvalue weighted by Crippen LogP contribution is -2.50. The predicted octanol–water partition coefficient (Wildman–Crippen LogP) is 2.00. The highest BCUT2D eigenvalue weighted by Gasteiger charge is 2.34. The Labute approximate surface area is 155 Å². The standard InChI is InChI=1S/C19H18N6O2/c1-13(26)22-16-6-2-4-14(8-16)19(27)24-10-17(11-24)25-12-21-23-18(25)15-5-3-7-20-9-15/h2-9,12,17H,10-11H2,1H3,(H,22,26). The molecule has 136 valence electrons. The number of hydrogen-bond donors (Lipinski definition) is 1. The molecule has 0 aliphatic carbocycles. The Morgan fingerprint density at radius 2 is 2.04 bits per heavy atom. The zero-order valence-electron chi connectivity index (χ0n) is 14.7. The number of nitrogens with zero attached hydrogens (tertiary/aromatic N) is 5. The maximum absolute atomic E-state index is 12.7. The van der Waals surface area contributed by atoms with Crippen molar-refractivity contribution in [2.75, 3.05) is 18.4 Å². The molecule has 4 rings (SSSR count). The molecule has 1 aromatic carbocycles. The van der Waals surface area contributed by atoms with Crippen LogP contribution in [0.1, 0.15) is 23.3 Å². The van der Waals surface area contributed by atoms with Crippen molar-refractivity contribution in [2.45, 2.75) is 13.0 Å². The molecule has 0 unspecified atom stereocenters. The van der Waals surface area contributed by atoms with Crippen molar-refractivity contribution in [3.8, 4) is 11.4 Å². The number of nitrogens with one attached hydrogen (secondary N) is 1. The van der Waals surface area contributed by atoms with Gasteiger partial charge in [-0.15, -0.1) is 10.2 Å². The van der Waals surface area contributed by atoms with Crippen LogP contribution in [0.3, 0.4) is 0 Å². The van der Waals surface area contributed by atoms with Gasteiger partial charge in [0.2, 0.25) is 5.91 Å². The first-order chi connectivity index (χ1) is 13.1. The summed E-state index contributed by atoms with van der Waals surface area (Å²) in [6.45, 7) is 2.59. The molecular formula is C19H18N6O2. The first-order valence-corrected chi connectivity index (χ1v) is 8.58. The summed E-state index contributed by atoms with van der Waals surface area (Å²) >= 11 is 0. The van der Waals surface area contributed by atoms with E-state index in [-0.39, 0.29) is 17.9 Å². The van der Waals surface area contributed by atoms with Crippen molar-refractivity contribution in [2.24, 2.45) is 0 Å². The van der Waals surface area contributed by atoms with Crippen molar-refractivity contribution >= 4 is 17.5 Å². The summed E-state index contributed by atoms with van der Waals surface area (Å²) in [5.41, 5.74) is 2.06. The fourth-order valence-electron chi connectivity index (χ4n) is 3.12. The Kier molecular flexibility index (Phi) is 4.37. The zero-order valence-corrected chi connectivity index (χ0v) is 14.7. The predicted molar refractivity (Wildman–Crippen MR) is 98.9 cm³/mol. The number of likely N-dealkylation sites (tertiary alicyclic amines) is 1. The molecule has 3 heterocycles. The van der Waals surface area contributed by atoms with E-state index in [1.165, 1.54) is 6.92 Å². The number of hydrogen-bond acceptors (Lipinski definition) is 5. The Morgan fingerprint density at radius 1 is 1.19 bits per heavy atom. The van der Waals surface area contributed by atoms with Gasteiger partial charge in [-0.05, 0) is 30.3 Å². The number of carbonyl (C=O) groups excluding carboxylic acids is 2. The number of benzene rings is 1. The summed E-state index contributed by atoms with van der Waals surface area (Å²) in [4.78, 5) is 29.8. The molecule has 1 N–H and O–H groups in total. The molecule has 2 aromatic heterocycles. The maximum Gasteiger partial charge on any atom is 0.254 e. The Hall–Kier alpha value is -3.55. The molecule has 0 bridgehead atoms. The first-order valence-electron chi connectivity index (χ1n) is 8.58. The third-order valence-electron chi connectivity index (χ3n) is 4.47. The molecule has 1 saturated heterocycles. The van der Waals surface area contributed by atoms with Gasteiger partial charge in [0.1, 0.15) is 6.33 Å². The van der Waals surface area contributed by atoms with Crippen LogP contribution in [-0.2, 0) is 4.79 Å². The van der Waals surface area contributed by atoms with Gasteiger partial charge in [-0.2, -0.15) is 0 Å². The van der Waals surface area contributed by atoms with Gasteiger partial charge in [0.25, 0.3) is 5.91 Å². The van der Waals surface area contributed by atoms with E-state index in [4.69, 9.17) is 0 Å². The molecule has 3 aromatic rings. The molecule has 1 fully saturated rings. The van der Waals surface area contributed by atoms with Gasteiger partial charge in [0.05, 0.1) is 6.04 Å². The minimum atomic E-state index is -0.167. The number of amides is 2. The Morgan fingerprint density at radius 3 is 2.78 bits per heavy atom. The van der Waals surface area contributed by atoms with E-state index in [1.807, 2.05) is 16.7 Å². The second-order valence-electron chi connectivity index (χ2n) is 6.43.